The maximum absolute atomic E-state index is 3.47. The highest BCUT2D eigenvalue weighted by Crippen LogP contribution is 2.26. The molecule has 1 fully saturated rings. The Kier molecular flexibility index (Phi) is 0.770. The molecule has 1 saturated heterocycles. The Morgan fingerprint density at radius 3 is 2.62 bits per heavy atom. The van der Waals surface area contributed by atoms with Crippen molar-refractivity contribution in [1.82, 2.24) is 5.32 Å². The van der Waals surface area contributed by atoms with Crippen LogP contribution in [-0.2, 0) is 0 Å². The van der Waals surface area contributed by atoms with Crippen molar-refractivity contribution >= 4 is 0 Å². The second-order valence-corrected chi connectivity index (χ2v) is 2.90. The molecule has 2 bridgehead atoms. The molecule has 2 rings (SSSR count). The monoisotopic (exact) mass is 109 g/mol. The van der Waals surface area contributed by atoms with E-state index in [2.05, 4.69) is 24.4 Å². The van der Waals surface area contributed by atoms with Gasteiger partial charge in [-0.3, -0.25) is 0 Å². The Hall–Kier alpha value is -0.300. The van der Waals surface area contributed by atoms with E-state index in [9.17, 15) is 0 Å². The minimum Gasteiger partial charge on any atom is -0.304 e. The lowest BCUT2D eigenvalue weighted by molar-refractivity contribution is 0.559. The van der Waals surface area contributed by atoms with Crippen molar-refractivity contribution in [2.24, 2.45) is 5.92 Å². The second kappa shape index (κ2) is 1.35. The first-order valence-electron chi connectivity index (χ1n) is 3.30. The first-order valence-corrected chi connectivity index (χ1v) is 3.30. The summed E-state index contributed by atoms with van der Waals surface area (Å²) in [7, 11) is 0. The number of hydrogen-bond donors (Lipinski definition) is 1. The number of nitrogens with one attached hydrogen (secondary N) is 1. The summed E-state index contributed by atoms with van der Waals surface area (Å²) in [6, 6.07) is 1.43. The highest BCUT2D eigenvalue weighted by Gasteiger charge is 2.31. The van der Waals surface area contributed by atoms with Crippen molar-refractivity contribution in [2.45, 2.75) is 25.4 Å². The van der Waals surface area contributed by atoms with E-state index in [0.717, 1.165) is 12.0 Å². The van der Waals surface area contributed by atoms with Gasteiger partial charge in [0.15, 0.2) is 0 Å². The van der Waals surface area contributed by atoms with Gasteiger partial charge >= 0.3 is 0 Å². The fourth-order valence-corrected chi connectivity index (χ4v) is 1.66. The molecule has 0 aromatic rings. The predicted molar refractivity (Wildman–Crippen MR) is 33.6 cm³/mol. The molecule has 3 atom stereocenters. The van der Waals surface area contributed by atoms with Crippen LogP contribution >= 0.6 is 0 Å². The molecule has 2 aliphatic rings. The molecule has 3 unspecified atom stereocenters. The molecule has 0 aliphatic carbocycles. The Morgan fingerprint density at radius 1 is 1.50 bits per heavy atom. The molecule has 0 aromatic heterocycles. The van der Waals surface area contributed by atoms with Crippen molar-refractivity contribution in [3.63, 3.8) is 0 Å². The summed E-state index contributed by atoms with van der Waals surface area (Å²) in [4.78, 5) is 0. The molecular formula is C7H11N. The van der Waals surface area contributed by atoms with Gasteiger partial charge < -0.3 is 5.32 Å². The van der Waals surface area contributed by atoms with Crippen LogP contribution in [-0.4, -0.2) is 12.1 Å². The fraction of sp³-hybridized carbons (Fsp3) is 0.714. The molecule has 1 nitrogen and oxygen atoms in total. The van der Waals surface area contributed by atoms with Crippen LogP contribution in [0.5, 0.6) is 0 Å². The molecular weight excluding hydrogens is 98.1 g/mol. The van der Waals surface area contributed by atoms with E-state index >= 15 is 0 Å². The summed E-state index contributed by atoms with van der Waals surface area (Å²) >= 11 is 0. The molecule has 0 amide bonds. The van der Waals surface area contributed by atoms with Gasteiger partial charge in [-0.1, -0.05) is 19.1 Å². The lowest BCUT2D eigenvalue weighted by Crippen LogP contribution is -2.21. The van der Waals surface area contributed by atoms with E-state index < -0.39 is 0 Å². The van der Waals surface area contributed by atoms with Gasteiger partial charge in [0.25, 0.3) is 0 Å². The van der Waals surface area contributed by atoms with Crippen LogP contribution in [0.25, 0.3) is 0 Å². The lowest BCUT2D eigenvalue weighted by Gasteiger charge is -2.08. The molecule has 44 valence electrons. The molecule has 1 heteroatoms. The first-order chi connectivity index (χ1) is 3.86. The smallest absolute Gasteiger partial charge is 0.0282 e. The topological polar surface area (TPSA) is 12.0 Å². The average molecular weight is 109 g/mol. The van der Waals surface area contributed by atoms with Crippen LogP contribution in [0.2, 0.25) is 0 Å². The van der Waals surface area contributed by atoms with Crippen molar-refractivity contribution in [3.05, 3.63) is 12.2 Å². The molecule has 0 saturated carbocycles. The average Bonchev–Trinajstić information content (AvgIpc) is 2.23. The van der Waals surface area contributed by atoms with Gasteiger partial charge in [-0.15, -0.1) is 0 Å². The molecule has 0 radical (unpaired) electrons. The van der Waals surface area contributed by atoms with E-state index in [4.69, 9.17) is 0 Å². The number of fused-ring (bicyclic) bond motifs is 2. The van der Waals surface area contributed by atoms with Gasteiger partial charge in [0.2, 0.25) is 0 Å². The van der Waals surface area contributed by atoms with Crippen LogP contribution in [0.4, 0.5) is 0 Å². The van der Waals surface area contributed by atoms with Crippen molar-refractivity contribution in [2.75, 3.05) is 0 Å². The van der Waals surface area contributed by atoms with Gasteiger partial charge in [0.05, 0.1) is 0 Å². The van der Waals surface area contributed by atoms with Crippen LogP contribution in [0, 0.1) is 5.92 Å². The van der Waals surface area contributed by atoms with E-state index in [0.29, 0.717) is 6.04 Å². The zero-order valence-corrected chi connectivity index (χ0v) is 5.09. The Morgan fingerprint density at radius 2 is 2.38 bits per heavy atom. The Labute approximate surface area is 49.8 Å². The Balaban J connectivity index is 2.23. The molecule has 1 N–H and O–H groups in total. The summed E-state index contributed by atoms with van der Waals surface area (Å²) < 4.78 is 0. The minimum atomic E-state index is 0.708. The van der Waals surface area contributed by atoms with Crippen LogP contribution < -0.4 is 5.32 Å². The van der Waals surface area contributed by atoms with Gasteiger partial charge in [-0.2, -0.15) is 0 Å². The third-order valence-electron chi connectivity index (χ3n) is 2.20. The van der Waals surface area contributed by atoms with Gasteiger partial charge in [0, 0.05) is 12.1 Å². The standard InChI is InChI=1S/C7H11N/c1-5-4-6-2-3-7(5)8-6/h2-3,5-8H,4H2,1H3. The molecule has 2 aliphatic heterocycles. The zero-order chi connectivity index (χ0) is 5.56. The number of hydrogen-bond acceptors (Lipinski definition) is 1. The van der Waals surface area contributed by atoms with Gasteiger partial charge in [0.1, 0.15) is 0 Å². The molecule has 0 aromatic carbocycles. The van der Waals surface area contributed by atoms with E-state index in [1.54, 1.807) is 0 Å². The maximum atomic E-state index is 3.47. The largest absolute Gasteiger partial charge is 0.304 e. The molecule has 2 heterocycles. The van der Waals surface area contributed by atoms with E-state index in [1.807, 2.05) is 0 Å². The van der Waals surface area contributed by atoms with Crippen LogP contribution in [0.15, 0.2) is 12.2 Å². The SMILES string of the molecule is CC1CC2C=CC1N2. The third-order valence-corrected chi connectivity index (χ3v) is 2.20. The molecule has 0 spiro atoms. The summed E-state index contributed by atoms with van der Waals surface area (Å²) in [6.07, 6.45) is 5.92. The van der Waals surface area contributed by atoms with Crippen molar-refractivity contribution in [1.29, 1.82) is 0 Å². The summed E-state index contributed by atoms with van der Waals surface area (Å²) in [5.41, 5.74) is 0. The highest BCUT2D eigenvalue weighted by atomic mass is 15.0. The second-order valence-electron chi connectivity index (χ2n) is 2.90. The first kappa shape index (κ1) is 4.57. The highest BCUT2D eigenvalue weighted by molar-refractivity contribution is 5.15. The fourth-order valence-electron chi connectivity index (χ4n) is 1.66. The quantitative estimate of drug-likeness (QED) is 0.456. The van der Waals surface area contributed by atoms with Crippen LogP contribution in [0.1, 0.15) is 13.3 Å². The van der Waals surface area contributed by atoms with Crippen molar-refractivity contribution < 1.29 is 0 Å². The molecule has 8 heavy (non-hydrogen) atoms. The normalized spacial score (nSPS) is 50.9. The van der Waals surface area contributed by atoms with Crippen LogP contribution in [0.3, 0.4) is 0 Å². The maximum Gasteiger partial charge on any atom is 0.0282 e. The predicted octanol–water partition coefficient (Wildman–Crippen LogP) is 0.923. The third kappa shape index (κ3) is 0.451. The van der Waals surface area contributed by atoms with Gasteiger partial charge in [-0.05, 0) is 12.3 Å². The van der Waals surface area contributed by atoms with Gasteiger partial charge in [-0.25, -0.2) is 0 Å². The lowest BCUT2D eigenvalue weighted by atomic mass is 9.97. The summed E-state index contributed by atoms with van der Waals surface area (Å²) in [5.74, 6) is 0.880. The summed E-state index contributed by atoms with van der Waals surface area (Å²) in [5, 5.41) is 3.47. The van der Waals surface area contributed by atoms with Crippen molar-refractivity contribution in [3.8, 4) is 0 Å². The Bertz CT molecular complexity index is 128. The minimum absolute atomic E-state index is 0.708. The zero-order valence-electron chi connectivity index (χ0n) is 5.09. The number of rotatable bonds is 0. The van der Waals surface area contributed by atoms with E-state index in [-0.39, 0.29) is 0 Å². The summed E-state index contributed by atoms with van der Waals surface area (Å²) in [6.45, 7) is 2.31. The van der Waals surface area contributed by atoms with E-state index in [1.165, 1.54) is 6.42 Å².